The number of aliphatic hydroxyl groups is 1. The summed E-state index contributed by atoms with van der Waals surface area (Å²) in [6.07, 6.45) is -0.931. The van der Waals surface area contributed by atoms with E-state index in [9.17, 15) is 9.59 Å². The van der Waals surface area contributed by atoms with Crippen LogP contribution in [0.1, 0.15) is 33.6 Å². The van der Waals surface area contributed by atoms with Crippen molar-refractivity contribution >= 4 is 11.9 Å². The van der Waals surface area contributed by atoms with Crippen LogP contribution in [0.2, 0.25) is 0 Å². The Hall–Kier alpha value is -1.10. The molecule has 5 nitrogen and oxygen atoms in total. The van der Waals surface area contributed by atoms with Gasteiger partial charge in [-0.1, -0.05) is 6.92 Å². The van der Waals surface area contributed by atoms with Gasteiger partial charge in [-0.3, -0.25) is 9.59 Å². The topological polar surface area (TPSA) is 83.8 Å². The van der Waals surface area contributed by atoms with Crippen LogP contribution in [0.5, 0.6) is 0 Å². The maximum absolute atomic E-state index is 11.4. The van der Waals surface area contributed by atoms with E-state index in [2.05, 4.69) is 0 Å². The summed E-state index contributed by atoms with van der Waals surface area (Å²) in [7, 11) is 0. The lowest BCUT2D eigenvalue weighted by atomic mass is 9.91. The van der Waals surface area contributed by atoms with E-state index in [1.807, 2.05) is 6.92 Å². The highest BCUT2D eigenvalue weighted by Crippen LogP contribution is 2.21. The first-order valence-electron chi connectivity index (χ1n) is 4.86. The van der Waals surface area contributed by atoms with Gasteiger partial charge in [0.1, 0.15) is 6.61 Å². The van der Waals surface area contributed by atoms with Crippen LogP contribution >= 0.6 is 0 Å². The molecule has 0 fully saturated rings. The number of hydrogen-bond donors (Lipinski definition) is 2. The molecule has 0 spiro atoms. The lowest BCUT2D eigenvalue weighted by molar-refractivity contribution is -0.158. The Kier molecular flexibility index (Phi) is 5.28. The summed E-state index contributed by atoms with van der Waals surface area (Å²) in [5.74, 6) is -1.54. The summed E-state index contributed by atoms with van der Waals surface area (Å²) in [6.45, 7) is 5.06. The molecule has 2 N–H and O–H groups in total. The Bertz CT molecular complexity index is 234. The van der Waals surface area contributed by atoms with Crippen molar-refractivity contribution in [1.29, 1.82) is 0 Å². The molecular weight excluding hydrogens is 200 g/mol. The Morgan fingerprint density at radius 3 is 2.33 bits per heavy atom. The predicted molar refractivity (Wildman–Crippen MR) is 53.3 cm³/mol. The highest BCUT2D eigenvalue weighted by Gasteiger charge is 2.27. The number of aliphatic carboxylic acids is 1. The number of esters is 1. The normalized spacial score (nSPS) is 13.3. The summed E-state index contributed by atoms with van der Waals surface area (Å²) in [4.78, 5) is 21.6. The molecule has 0 aromatic heterocycles. The zero-order chi connectivity index (χ0) is 12.1. The van der Waals surface area contributed by atoms with Crippen LogP contribution < -0.4 is 0 Å². The number of carbonyl (C=O) groups excluding carboxylic acids is 1. The van der Waals surface area contributed by atoms with E-state index in [1.54, 1.807) is 13.8 Å². The standard InChI is InChI=1S/C10H18O5/c1-4-10(2,3)9(14)15-6-7(11)5-8(12)13/h7,11H,4-6H2,1-3H3,(H,12,13). The molecule has 5 heteroatoms. The number of carboxylic acid groups (broad SMARTS) is 1. The van der Waals surface area contributed by atoms with E-state index in [0.29, 0.717) is 6.42 Å². The average molecular weight is 218 g/mol. The van der Waals surface area contributed by atoms with Crippen molar-refractivity contribution in [1.82, 2.24) is 0 Å². The lowest BCUT2D eigenvalue weighted by Gasteiger charge is -2.21. The quantitative estimate of drug-likeness (QED) is 0.644. The molecule has 0 aromatic carbocycles. The second kappa shape index (κ2) is 5.70. The van der Waals surface area contributed by atoms with Gasteiger partial charge in [-0.2, -0.15) is 0 Å². The number of aliphatic hydroxyl groups excluding tert-OH is 1. The highest BCUT2D eigenvalue weighted by molar-refractivity contribution is 5.75. The van der Waals surface area contributed by atoms with E-state index in [4.69, 9.17) is 14.9 Å². The summed E-state index contributed by atoms with van der Waals surface area (Å²) in [6, 6.07) is 0. The van der Waals surface area contributed by atoms with E-state index in [0.717, 1.165) is 0 Å². The van der Waals surface area contributed by atoms with E-state index >= 15 is 0 Å². The number of carbonyl (C=O) groups is 2. The van der Waals surface area contributed by atoms with Gasteiger partial charge in [0.25, 0.3) is 0 Å². The van der Waals surface area contributed by atoms with Crippen molar-refractivity contribution in [2.75, 3.05) is 6.61 Å². The molecule has 0 radical (unpaired) electrons. The van der Waals surface area contributed by atoms with Gasteiger partial charge in [-0.05, 0) is 20.3 Å². The Morgan fingerprint density at radius 2 is 1.93 bits per heavy atom. The fourth-order valence-electron chi connectivity index (χ4n) is 0.772. The molecule has 1 atom stereocenters. The van der Waals surface area contributed by atoms with Crippen molar-refractivity contribution in [3.8, 4) is 0 Å². The fraction of sp³-hybridized carbons (Fsp3) is 0.800. The summed E-state index contributed by atoms with van der Waals surface area (Å²) in [5.41, 5.74) is -0.594. The van der Waals surface area contributed by atoms with Crippen molar-refractivity contribution in [2.24, 2.45) is 5.41 Å². The lowest BCUT2D eigenvalue weighted by Crippen LogP contribution is -2.29. The molecule has 0 saturated carbocycles. The number of carboxylic acids is 1. The second-order valence-electron chi connectivity index (χ2n) is 4.09. The third kappa shape index (κ3) is 5.37. The van der Waals surface area contributed by atoms with Gasteiger partial charge < -0.3 is 14.9 Å². The smallest absolute Gasteiger partial charge is 0.311 e. The van der Waals surface area contributed by atoms with E-state index in [-0.39, 0.29) is 6.61 Å². The van der Waals surface area contributed by atoms with Crippen molar-refractivity contribution < 1.29 is 24.5 Å². The fourth-order valence-corrected chi connectivity index (χ4v) is 0.772. The van der Waals surface area contributed by atoms with Crippen LogP contribution in [0.4, 0.5) is 0 Å². The summed E-state index contributed by atoms with van der Waals surface area (Å²) in [5, 5.41) is 17.5. The second-order valence-corrected chi connectivity index (χ2v) is 4.09. The first kappa shape index (κ1) is 13.9. The molecule has 0 bridgehead atoms. The third-order valence-corrected chi connectivity index (χ3v) is 2.25. The molecule has 0 aliphatic heterocycles. The molecule has 0 amide bonds. The minimum atomic E-state index is -1.14. The van der Waals surface area contributed by atoms with Crippen molar-refractivity contribution in [3.05, 3.63) is 0 Å². The van der Waals surface area contributed by atoms with Gasteiger partial charge in [0, 0.05) is 0 Å². The van der Waals surface area contributed by atoms with Gasteiger partial charge in [-0.25, -0.2) is 0 Å². The molecule has 0 heterocycles. The van der Waals surface area contributed by atoms with E-state index in [1.165, 1.54) is 0 Å². The van der Waals surface area contributed by atoms with Gasteiger partial charge in [0.15, 0.2) is 0 Å². The summed E-state index contributed by atoms with van der Waals surface area (Å²) < 4.78 is 4.81. The zero-order valence-corrected chi connectivity index (χ0v) is 9.32. The van der Waals surface area contributed by atoms with Crippen LogP contribution in [0, 0.1) is 5.41 Å². The number of ether oxygens (including phenoxy) is 1. The Morgan fingerprint density at radius 1 is 1.40 bits per heavy atom. The van der Waals surface area contributed by atoms with Gasteiger partial charge in [-0.15, -0.1) is 0 Å². The molecule has 1 unspecified atom stereocenters. The molecule has 0 rings (SSSR count). The minimum absolute atomic E-state index is 0.269. The molecule has 0 aliphatic carbocycles. The van der Waals surface area contributed by atoms with Crippen LogP contribution in [-0.4, -0.2) is 34.9 Å². The van der Waals surface area contributed by atoms with Gasteiger partial charge in [0.2, 0.25) is 0 Å². The molecule has 0 aliphatic rings. The number of hydrogen-bond acceptors (Lipinski definition) is 4. The first-order chi connectivity index (χ1) is 6.79. The SMILES string of the molecule is CCC(C)(C)C(=O)OCC(O)CC(=O)O. The van der Waals surface area contributed by atoms with Crippen LogP contribution in [-0.2, 0) is 14.3 Å². The Balaban J connectivity index is 3.95. The highest BCUT2D eigenvalue weighted by atomic mass is 16.5. The molecule has 0 saturated heterocycles. The first-order valence-corrected chi connectivity index (χ1v) is 4.86. The van der Waals surface area contributed by atoms with Crippen LogP contribution in [0.3, 0.4) is 0 Å². The minimum Gasteiger partial charge on any atom is -0.481 e. The maximum Gasteiger partial charge on any atom is 0.311 e. The monoisotopic (exact) mass is 218 g/mol. The van der Waals surface area contributed by atoms with Gasteiger partial charge in [0.05, 0.1) is 17.9 Å². The predicted octanol–water partition coefficient (Wildman–Crippen LogP) is 0.801. The molecule has 88 valence electrons. The molecule has 0 aromatic rings. The molecule has 15 heavy (non-hydrogen) atoms. The summed E-state index contributed by atoms with van der Waals surface area (Å²) >= 11 is 0. The van der Waals surface area contributed by atoms with Crippen LogP contribution in [0.15, 0.2) is 0 Å². The third-order valence-electron chi connectivity index (χ3n) is 2.25. The average Bonchev–Trinajstić information content (AvgIpc) is 2.13. The van der Waals surface area contributed by atoms with Crippen molar-refractivity contribution in [3.63, 3.8) is 0 Å². The maximum atomic E-state index is 11.4. The zero-order valence-electron chi connectivity index (χ0n) is 9.32. The Labute approximate surface area is 89.0 Å². The largest absolute Gasteiger partial charge is 0.481 e. The van der Waals surface area contributed by atoms with Crippen molar-refractivity contribution in [2.45, 2.75) is 39.7 Å². The number of rotatable bonds is 6. The van der Waals surface area contributed by atoms with E-state index < -0.39 is 29.9 Å². The molecular formula is C10H18O5. The van der Waals surface area contributed by atoms with Crippen LogP contribution in [0.25, 0.3) is 0 Å². The van der Waals surface area contributed by atoms with Gasteiger partial charge >= 0.3 is 11.9 Å².